The smallest absolute Gasteiger partial charge is 0.275 e. The van der Waals surface area contributed by atoms with Crippen LogP contribution in [-0.4, -0.2) is 43.3 Å². The fourth-order valence-electron chi connectivity index (χ4n) is 7.42. The summed E-state index contributed by atoms with van der Waals surface area (Å²) in [6.07, 6.45) is 5.59. The molecule has 7 rings (SSSR count). The van der Waals surface area contributed by atoms with Gasteiger partial charge in [-0.1, -0.05) is 29.3 Å². The van der Waals surface area contributed by atoms with Crippen LogP contribution in [0, 0.1) is 27.7 Å². The van der Waals surface area contributed by atoms with E-state index in [9.17, 15) is 9.90 Å². The lowest BCUT2D eigenvalue weighted by atomic mass is 9.97. The molecule has 252 valence electrons. The number of aliphatic hydroxyl groups is 1. The van der Waals surface area contributed by atoms with Crippen molar-refractivity contribution in [2.24, 2.45) is 7.05 Å². The normalized spacial score (nSPS) is 13.4. The molecule has 0 aliphatic carbocycles. The molecule has 1 aliphatic rings. The van der Waals surface area contributed by atoms with Crippen LogP contribution in [-0.2, 0) is 26.6 Å². The molecule has 0 unspecified atom stereocenters. The highest BCUT2D eigenvalue weighted by Crippen LogP contribution is 2.43. The molecular formula is C39H39Cl2N5O3. The fourth-order valence-corrected chi connectivity index (χ4v) is 7.77. The molecule has 0 atom stereocenters. The Balaban J connectivity index is 1.36. The molecule has 0 bridgehead atoms. The number of aryl methyl sites for hydroxylation is 7. The molecule has 0 saturated heterocycles. The van der Waals surface area contributed by atoms with Crippen LogP contribution in [0.15, 0.2) is 55.0 Å². The molecule has 1 aliphatic heterocycles. The minimum absolute atomic E-state index is 0.0779. The molecule has 0 saturated carbocycles. The first-order valence-electron chi connectivity index (χ1n) is 16.6. The number of fused-ring (bicyclic) bond motifs is 4. The highest BCUT2D eigenvalue weighted by molar-refractivity contribution is 6.35. The number of carbonyl (C=O) groups excluding carboxylic acids is 1. The molecule has 0 radical (unpaired) electrons. The molecule has 1 amide bonds. The molecule has 10 heteroatoms. The first kappa shape index (κ1) is 33.1. The molecule has 0 spiro atoms. The lowest BCUT2D eigenvalue weighted by Gasteiger charge is -2.22. The van der Waals surface area contributed by atoms with Crippen molar-refractivity contribution in [3.05, 3.63) is 104 Å². The van der Waals surface area contributed by atoms with Crippen LogP contribution in [0.5, 0.6) is 5.75 Å². The number of nitrogens with zero attached hydrogens (tertiary/aromatic N) is 5. The topological polar surface area (TPSA) is 85.4 Å². The zero-order valence-electron chi connectivity index (χ0n) is 28.4. The maximum absolute atomic E-state index is 14.9. The minimum Gasteiger partial charge on any atom is -0.494 e. The second-order valence-corrected chi connectivity index (χ2v) is 13.8. The van der Waals surface area contributed by atoms with E-state index in [1.807, 2.05) is 92.9 Å². The summed E-state index contributed by atoms with van der Waals surface area (Å²) in [6, 6.07) is 13.9. The van der Waals surface area contributed by atoms with Gasteiger partial charge in [-0.05, 0) is 106 Å². The van der Waals surface area contributed by atoms with Crippen molar-refractivity contribution in [1.82, 2.24) is 19.1 Å². The molecule has 4 heterocycles. The Morgan fingerprint density at radius 3 is 2.37 bits per heavy atom. The van der Waals surface area contributed by atoms with E-state index in [0.29, 0.717) is 43.3 Å². The molecule has 3 aromatic heterocycles. The predicted octanol–water partition coefficient (Wildman–Crippen LogP) is 8.68. The van der Waals surface area contributed by atoms with Crippen molar-refractivity contribution < 1.29 is 14.6 Å². The highest BCUT2D eigenvalue weighted by Gasteiger charge is 2.32. The van der Waals surface area contributed by atoms with E-state index in [4.69, 9.17) is 27.9 Å². The van der Waals surface area contributed by atoms with Gasteiger partial charge < -0.3 is 23.9 Å². The largest absolute Gasteiger partial charge is 0.494 e. The maximum atomic E-state index is 14.9. The van der Waals surface area contributed by atoms with E-state index in [0.717, 1.165) is 89.5 Å². The van der Waals surface area contributed by atoms with E-state index < -0.39 is 0 Å². The van der Waals surface area contributed by atoms with Crippen LogP contribution in [0.25, 0.3) is 32.9 Å². The van der Waals surface area contributed by atoms with Crippen LogP contribution in [0.2, 0.25) is 10.0 Å². The van der Waals surface area contributed by atoms with Crippen molar-refractivity contribution >= 4 is 56.6 Å². The predicted molar refractivity (Wildman–Crippen MR) is 197 cm³/mol. The number of benzene rings is 3. The Hall–Kier alpha value is -4.37. The first-order chi connectivity index (χ1) is 23.6. The molecule has 0 fully saturated rings. The summed E-state index contributed by atoms with van der Waals surface area (Å²) < 4.78 is 10.4. The number of ether oxygens (including phenoxy) is 1. The number of amides is 1. The number of anilines is 1. The number of halogens is 2. The highest BCUT2D eigenvalue weighted by atomic mass is 35.5. The van der Waals surface area contributed by atoms with E-state index in [-0.39, 0.29) is 12.5 Å². The van der Waals surface area contributed by atoms with Gasteiger partial charge in [0, 0.05) is 70.3 Å². The molecular weight excluding hydrogens is 657 g/mol. The summed E-state index contributed by atoms with van der Waals surface area (Å²) in [5.41, 5.74) is 10.4. The van der Waals surface area contributed by atoms with Crippen molar-refractivity contribution in [1.29, 1.82) is 0 Å². The van der Waals surface area contributed by atoms with Gasteiger partial charge in [0.15, 0.2) is 0 Å². The van der Waals surface area contributed by atoms with Gasteiger partial charge in [0.1, 0.15) is 17.8 Å². The van der Waals surface area contributed by atoms with E-state index in [1.54, 1.807) is 6.33 Å². The number of aliphatic hydroxyl groups excluding tert-OH is 1. The molecule has 1 N–H and O–H groups in total. The summed E-state index contributed by atoms with van der Waals surface area (Å²) in [7, 11) is 1.98. The van der Waals surface area contributed by atoms with Crippen molar-refractivity contribution in [2.75, 3.05) is 18.1 Å². The molecule has 6 aromatic rings. The van der Waals surface area contributed by atoms with Crippen LogP contribution < -0.4 is 9.64 Å². The van der Waals surface area contributed by atoms with Crippen molar-refractivity contribution in [3.8, 4) is 16.9 Å². The Morgan fingerprint density at radius 1 is 0.918 bits per heavy atom. The Morgan fingerprint density at radius 2 is 1.65 bits per heavy atom. The van der Waals surface area contributed by atoms with E-state index in [1.165, 1.54) is 0 Å². The Kier molecular flexibility index (Phi) is 8.90. The van der Waals surface area contributed by atoms with Gasteiger partial charge in [0.2, 0.25) is 0 Å². The summed E-state index contributed by atoms with van der Waals surface area (Å²) in [6.45, 7) is 9.41. The second-order valence-electron chi connectivity index (χ2n) is 13.0. The summed E-state index contributed by atoms with van der Waals surface area (Å²) >= 11 is 13.4. The van der Waals surface area contributed by atoms with Crippen LogP contribution in [0.4, 0.5) is 5.69 Å². The quantitative estimate of drug-likeness (QED) is 0.161. The summed E-state index contributed by atoms with van der Waals surface area (Å²) in [5, 5.41) is 13.6. The van der Waals surface area contributed by atoms with Crippen LogP contribution in [0.3, 0.4) is 0 Å². The lowest BCUT2D eigenvalue weighted by molar-refractivity contribution is 0.0982. The Bertz CT molecular complexity index is 2230. The van der Waals surface area contributed by atoms with Crippen molar-refractivity contribution in [3.63, 3.8) is 0 Å². The fraction of sp³-hybridized carbons (Fsp3) is 0.308. The second kappa shape index (κ2) is 13.2. The maximum Gasteiger partial charge on any atom is 0.275 e. The Labute approximate surface area is 295 Å². The van der Waals surface area contributed by atoms with Gasteiger partial charge in [-0.3, -0.25) is 4.79 Å². The number of hydrogen-bond donors (Lipinski definition) is 1. The third kappa shape index (κ3) is 5.75. The minimum atomic E-state index is -0.117. The average molecular weight is 697 g/mol. The van der Waals surface area contributed by atoms with E-state index >= 15 is 0 Å². The van der Waals surface area contributed by atoms with Gasteiger partial charge in [-0.25, -0.2) is 9.97 Å². The third-order valence-corrected chi connectivity index (χ3v) is 10.7. The SMILES string of the molecule is Cc1cc(OCCCc2c3n(c4c(-c5c(C)ncnc5C)c(Cl)ccc24)CCCN(c2cc(CO)c4ccn(C)c4c2)C3=O)cc(C)c1Cl. The number of hydrogen-bond acceptors (Lipinski definition) is 5. The number of carbonyl (C=O) groups is 1. The third-order valence-electron chi connectivity index (χ3n) is 9.77. The summed E-state index contributed by atoms with van der Waals surface area (Å²) in [5.74, 6) is 0.702. The van der Waals surface area contributed by atoms with E-state index in [2.05, 4.69) is 14.5 Å². The first-order valence-corrected chi connectivity index (χ1v) is 17.4. The number of aromatic nitrogens is 4. The van der Waals surface area contributed by atoms with Gasteiger partial charge in [-0.15, -0.1) is 0 Å². The molecule has 8 nitrogen and oxygen atoms in total. The van der Waals surface area contributed by atoms with Gasteiger partial charge in [0.05, 0.1) is 29.3 Å². The van der Waals surface area contributed by atoms with Gasteiger partial charge in [0.25, 0.3) is 5.91 Å². The van der Waals surface area contributed by atoms with Crippen LogP contribution >= 0.6 is 23.2 Å². The number of rotatable bonds is 8. The van der Waals surface area contributed by atoms with Crippen molar-refractivity contribution in [2.45, 2.75) is 60.1 Å². The molecule has 3 aromatic carbocycles. The average Bonchev–Trinajstić information content (AvgIpc) is 3.54. The zero-order chi connectivity index (χ0) is 34.6. The summed E-state index contributed by atoms with van der Waals surface area (Å²) in [4.78, 5) is 25.9. The molecule has 49 heavy (non-hydrogen) atoms. The monoisotopic (exact) mass is 695 g/mol. The zero-order valence-corrected chi connectivity index (χ0v) is 29.9. The standard InChI is InChI=1S/C39H39Cl2N5O3/c1-22-16-28(17-23(2)36(22)41)49-15-6-8-30-31-9-10-32(40)35(34-24(3)42-21-43-25(34)4)37(31)46-13-7-12-45(39(48)38(30)46)27-18-26(20-47)29-11-14-44(5)33(29)19-27/h9-11,14,16-19,21,47H,6-8,12-13,15,20H2,1-5H3. The lowest BCUT2D eigenvalue weighted by Crippen LogP contribution is -2.31. The van der Waals surface area contributed by atoms with Gasteiger partial charge >= 0.3 is 0 Å². The van der Waals surface area contributed by atoms with Gasteiger partial charge in [-0.2, -0.15) is 0 Å². The van der Waals surface area contributed by atoms with Crippen LogP contribution in [0.1, 0.15) is 57.0 Å².